The molecule has 0 aliphatic heterocycles. The van der Waals surface area contributed by atoms with Crippen LogP contribution in [0.15, 0.2) is 11.6 Å². The smallest absolute Gasteiger partial charge is 0.302 e. The molecule has 25 heavy (non-hydrogen) atoms. The molecule has 3 aliphatic rings. The second-order valence-electron chi connectivity index (χ2n) is 9.80. The Morgan fingerprint density at radius 1 is 1.32 bits per heavy atom. The monoisotopic (exact) mass is 348 g/mol. The second-order valence-corrected chi connectivity index (χ2v) is 9.80. The molecule has 6 atom stereocenters. The van der Waals surface area contributed by atoms with Gasteiger partial charge in [-0.3, -0.25) is 4.79 Å². The quantitative estimate of drug-likeness (QED) is 0.592. The molecule has 6 unspecified atom stereocenters. The first-order valence-corrected chi connectivity index (χ1v) is 10.2. The van der Waals surface area contributed by atoms with Crippen LogP contribution in [0, 0.1) is 34.5 Å². The third-order valence-corrected chi connectivity index (χ3v) is 7.80. The van der Waals surface area contributed by atoms with E-state index in [4.69, 9.17) is 4.74 Å². The molecule has 0 spiro atoms. The van der Waals surface area contributed by atoms with Gasteiger partial charge in [0.25, 0.3) is 0 Å². The van der Waals surface area contributed by atoms with Gasteiger partial charge in [-0.05, 0) is 66.8 Å². The number of rotatable bonds is 3. The number of aliphatic hydroxyl groups is 1. The van der Waals surface area contributed by atoms with Crippen molar-refractivity contribution in [2.75, 3.05) is 6.61 Å². The molecule has 142 valence electrons. The van der Waals surface area contributed by atoms with E-state index in [0.29, 0.717) is 30.3 Å². The fraction of sp³-hybridized carbons (Fsp3) is 0.864. The summed E-state index contributed by atoms with van der Waals surface area (Å²) in [5.74, 6) is 1.97. The van der Waals surface area contributed by atoms with Crippen LogP contribution in [-0.2, 0) is 9.53 Å². The molecule has 2 fully saturated rings. The van der Waals surface area contributed by atoms with Crippen LogP contribution in [0.25, 0.3) is 0 Å². The van der Waals surface area contributed by atoms with E-state index in [1.165, 1.54) is 38.2 Å². The van der Waals surface area contributed by atoms with Crippen LogP contribution in [-0.4, -0.2) is 23.8 Å². The van der Waals surface area contributed by atoms with Crippen LogP contribution in [0.1, 0.15) is 73.1 Å². The van der Waals surface area contributed by atoms with Gasteiger partial charge in [0.1, 0.15) is 0 Å². The summed E-state index contributed by atoms with van der Waals surface area (Å²) in [6.45, 7) is 11.3. The van der Waals surface area contributed by atoms with Crippen molar-refractivity contribution in [1.82, 2.24) is 0 Å². The van der Waals surface area contributed by atoms with E-state index in [-0.39, 0.29) is 22.9 Å². The molecule has 0 heterocycles. The molecule has 0 aromatic heterocycles. The van der Waals surface area contributed by atoms with Crippen molar-refractivity contribution in [3.63, 3.8) is 0 Å². The van der Waals surface area contributed by atoms with Crippen LogP contribution >= 0.6 is 0 Å². The average molecular weight is 349 g/mol. The fourth-order valence-electron chi connectivity index (χ4n) is 6.34. The third-order valence-electron chi connectivity index (χ3n) is 7.80. The van der Waals surface area contributed by atoms with Crippen LogP contribution in [0.2, 0.25) is 0 Å². The van der Waals surface area contributed by atoms with Crippen molar-refractivity contribution in [2.24, 2.45) is 34.5 Å². The number of allylic oxidation sites excluding steroid dienone is 1. The molecular formula is C22H36O3. The Bertz CT molecular complexity index is 551. The van der Waals surface area contributed by atoms with Crippen molar-refractivity contribution >= 4 is 5.97 Å². The first-order chi connectivity index (χ1) is 11.7. The molecule has 3 rings (SSSR count). The normalized spacial score (nSPS) is 43.9. The average Bonchev–Trinajstić information content (AvgIpc) is 2.55. The zero-order valence-corrected chi connectivity index (χ0v) is 16.7. The number of aliphatic hydroxyl groups excluding tert-OH is 1. The van der Waals surface area contributed by atoms with Gasteiger partial charge in [0.05, 0.1) is 12.7 Å². The van der Waals surface area contributed by atoms with E-state index in [9.17, 15) is 9.90 Å². The fourth-order valence-corrected chi connectivity index (χ4v) is 6.34. The highest BCUT2D eigenvalue weighted by Gasteiger charge is 2.57. The zero-order valence-electron chi connectivity index (χ0n) is 16.7. The number of carbonyl (C=O) groups is 1. The molecule has 1 N–H and O–H groups in total. The van der Waals surface area contributed by atoms with Crippen LogP contribution in [0.3, 0.4) is 0 Å². The molecule has 0 amide bonds. The molecule has 0 bridgehead atoms. The van der Waals surface area contributed by atoms with Crippen LogP contribution in [0.5, 0.6) is 0 Å². The Morgan fingerprint density at radius 3 is 2.68 bits per heavy atom. The van der Waals surface area contributed by atoms with Crippen molar-refractivity contribution in [1.29, 1.82) is 0 Å². The Kier molecular flexibility index (Phi) is 5.09. The van der Waals surface area contributed by atoms with Gasteiger partial charge in [0.2, 0.25) is 0 Å². The van der Waals surface area contributed by atoms with E-state index in [2.05, 4.69) is 33.8 Å². The summed E-state index contributed by atoms with van der Waals surface area (Å²) in [5.41, 5.74) is 1.53. The maximum absolute atomic E-state index is 11.4. The van der Waals surface area contributed by atoms with Crippen LogP contribution in [0.4, 0.5) is 0 Å². The van der Waals surface area contributed by atoms with Gasteiger partial charge in [0.15, 0.2) is 0 Å². The largest absolute Gasteiger partial charge is 0.465 e. The van der Waals surface area contributed by atoms with Crippen molar-refractivity contribution < 1.29 is 14.6 Å². The molecule has 0 aromatic rings. The summed E-state index contributed by atoms with van der Waals surface area (Å²) in [5, 5.41) is 11.0. The van der Waals surface area contributed by atoms with Gasteiger partial charge in [0, 0.05) is 12.3 Å². The SMILES string of the molecule is CC(=O)OCC1(C)CCCC2(C)C3CCC(C(C)C)C=C3C(O)CC12. The number of ether oxygens (including phenoxy) is 1. The van der Waals surface area contributed by atoms with E-state index >= 15 is 0 Å². The minimum Gasteiger partial charge on any atom is -0.465 e. The molecule has 0 saturated heterocycles. The molecule has 3 heteroatoms. The number of hydrogen-bond acceptors (Lipinski definition) is 3. The lowest BCUT2D eigenvalue weighted by Crippen LogP contribution is -2.55. The highest BCUT2D eigenvalue weighted by Crippen LogP contribution is 2.63. The van der Waals surface area contributed by atoms with E-state index in [1.807, 2.05) is 0 Å². The topological polar surface area (TPSA) is 46.5 Å². The number of fused-ring (bicyclic) bond motifs is 3. The van der Waals surface area contributed by atoms with E-state index in [0.717, 1.165) is 12.8 Å². The Balaban J connectivity index is 1.91. The maximum atomic E-state index is 11.4. The van der Waals surface area contributed by atoms with Gasteiger partial charge < -0.3 is 9.84 Å². The summed E-state index contributed by atoms with van der Waals surface area (Å²) < 4.78 is 5.46. The first-order valence-electron chi connectivity index (χ1n) is 10.2. The summed E-state index contributed by atoms with van der Waals surface area (Å²) in [6, 6.07) is 0. The van der Waals surface area contributed by atoms with Gasteiger partial charge in [-0.25, -0.2) is 0 Å². The first kappa shape index (κ1) is 18.9. The standard InChI is InChI=1S/C22H36O3/c1-14(2)16-7-8-18-17(11-16)19(24)12-20-21(4,13-25-15(3)23)9-6-10-22(18,20)5/h11,14,16,18-20,24H,6-10,12-13H2,1-5H3. The number of carbonyl (C=O) groups excluding carboxylic acids is 1. The Morgan fingerprint density at radius 2 is 2.04 bits per heavy atom. The second kappa shape index (κ2) is 6.72. The van der Waals surface area contributed by atoms with Gasteiger partial charge >= 0.3 is 5.97 Å². The van der Waals surface area contributed by atoms with Gasteiger partial charge in [-0.15, -0.1) is 0 Å². The molecule has 3 aliphatic carbocycles. The van der Waals surface area contributed by atoms with Crippen molar-refractivity contribution in [3.05, 3.63) is 11.6 Å². The molecule has 2 saturated carbocycles. The highest BCUT2D eigenvalue weighted by atomic mass is 16.5. The predicted molar refractivity (Wildman–Crippen MR) is 99.9 cm³/mol. The Hall–Kier alpha value is -0.830. The minimum atomic E-state index is -0.320. The molecule has 3 nitrogen and oxygen atoms in total. The summed E-state index contributed by atoms with van der Waals surface area (Å²) in [7, 11) is 0. The maximum Gasteiger partial charge on any atom is 0.302 e. The number of esters is 1. The highest BCUT2D eigenvalue weighted by molar-refractivity contribution is 5.65. The van der Waals surface area contributed by atoms with Crippen molar-refractivity contribution in [3.8, 4) is 0 Å². The van der Waals surface area contributed by atoms with Gasteiger partial charge in [-0.2, -0.15) is 0 Å². The summed E-state index contributed by atoms with van der Waals surface area (Å²) in [6.07, 6.45) is 8.87. The van der Waals surface area contributed by atoms with Gasteiger partial charge in [-0.1, -0.05) is 40.2 Å². The molecule has 0 aromatic carbocycles. The number of hydrogen-bond donors (Lipinski definition) is 1. The molecule has 0 radical (unpaired) electrons. The minimum absolute atomic E-state index is 0.0138. The lowest BCUT2D eigenvalue weighted by molar-refractivity contribution is -0.156. The van der Waals surface area contributed by atoms with E-state index < -0.39 is 0 Å². The summed E-state index contributed by atoms with van der Waals surface area (Å²) in [4.78, 5) is 11.4. The Labute approximate surface area is 153 Å². The summed E-state index contributed by atoms with van der Waals surface area (Å²) >= 11 is 0. The predicted octanol–water partition coefficient (Wildman–Crippen LogP) is 4.74. The lowest BCUT2D eigenvalue weighted by atomic mass is 9.45. The van der Waals surface area contributed by atoms with Crippen LogP contribution < -0.4 is 0 Å². The van der Waals surface area contributed by atoms with E-state index in [1.54, 1.807) is 0 Å². The van der Waals surface area contributed by atoms with Crippen molar-refractivity contribution in [2.45, 2.75) is 79.2 Å². The lowest BCUT2D eigenvalue weighted by Gasteiger charge is -2.60. The zero-order chi connectivity index (χ0) is 18.4. The third kappa shape index (κ3) is 3.29. The molecular weight excluding hydrogens is 312 g/mol.